The Labute approximate surface area is 275 Å². The topological polar surface area (TPSA) is 233 Å². The Morgan fingerprint density at radius 3 is 2.29 bits per heavy atom. The summed E-state index contributed by atoms with van der Waals surface area (Å²) in [6, 6.07) is 8.99. The van der Waals surface area contributed by atoms with E-state index < -0.39 is 122 Å². The highest BCUT2D eigenvalue weighted by Crippen LogP contribution is 2.61. The lowest BCUT2D eigenvalue weighted by molar-refractivity contribution is -0.347. The average Bonchev–Trinajstić information content (AvgIpc) is 3.75. The van der Waals surface area contributed by atoms with E-state index in [1.165, 1.54) is 25.3 Å². The van der Waals surface area contributed by atoms with E-state index in [0.29, 0.717) is 0 Å². The molecule has 1 saturated carbocycles. The van der Waals surface area contributed by atoms with Gasteiger partial charge in [-0.1, -0.05) is 30.3 Å². The SMILES string of the molecule is CC(=O)O[C@@H]1[C@@H](OC(=O)/C=C/c2ccccc2)[C@@H](O)[C@H](O[C@H]2[C@@H]3C=CO[C@@H](O[C@@H]4O[C@H](CO)[C@@H](O)[C@H](O)[C@H]4O)[C@@H]3[C@@]3(CO)O[C@@H]23)O[C@H]1C. The van der Waals surface area contributed by atoms with Gasteiger partial charge in [0.2, 0.25) is 6.29 Å². The van der Waals surface area contributed by atoms with E-state index >= 15 is 0 Å². The molecule has 264 valence electrons. The predicted molar refractivity (Wildman–Crippen MR) is 157 cm³/mol. The number of benzene rings is 1. The first-order valence-electron chi connectivity index (χ1n) is 15.7. The summed E-state index contributed by atoms with van der Waals surface area (Å²) in [5.41, 5.74) is -0.502. The van der Waals surface area contributed by atoms with Crippen LogP contribution in [0.25, 0.3) is 6.08 Å². The van der Waals surface area contributed by atoms with E-state index in [1.54, 1.807) is 37.3 Å². The number of ether oxygens (including phenoxy) is 8. The Kier molecular flexibility index (Phi) is 10.2. The van der Waals surface area contributed by atoms with Crippen LogP contribution in [0.4, 0.5) is 0 Å². The summed E-state index contributed by atoms with van der Waals surface area (Å²) in [6.07, 6.45) is -11.4. The number of hydrogen-bond acceptors (Lipinski definition) is 16. The lowest BCUT2D eigenvalue weighted by Gasteiger charge is -2.44. The molecule has 0 radical (unpaired) electrons. The Morgan fingerprint density at radius 1 is 0.875 bits per heavy atom. The smallest absolute Gasteiger partial charge is 0.331 e. The Bertz CT molecular complexity index is 1350. The molecule has 16 nitrogen and oxygen atoms in total. The van der Waals surface area contributed by atoms with Crippen LogP contribution in [-0.4, -0.2) is 141 Å². The van der Waals surface area contributed by atoms with Gasteiger partial charge >= 0.3 is 11.9 Å². The van der Waals surface area contributed by atoms with Crippen molar-refractivity contribution in [3.8, 4) is 0 Å². The number of aliphatic hydroxyl groups excluding tert-OH is 6. The zero-order valence-electron chi connectivity index (χ0n) is 26.0. The molecule has 4 heterocycles. The highest BCUT2D eigenvalue weighted by molar-refractivity contribution is 5.87. The summed E-state index contributed by atoms with van der Waals surface area (Å²) < 4.78 is 46.3. The molecule has 1 aromatic carbocycles. The van der Waals surface area contributed by atoms with Crippen molar-refractivity contribution in [3.05, 3.63) is 54.3 Å². The maximum Gasteiger partial charge on any atom is 0.331 e. The van der Waals surface area contributed by atoms with Gasteiger partial charge in [0.05, 0.1) is 37.6 Å². The first-order valence-corrected chi connectivity index (χ1v) is 15.7. The van der Waals surface area contributed by atoms with Crippen LogP contribution in [0.1, 0.15) is 19.4 Å². The van der Waals surface area contributed by atoms with Gasteiger partial charge in [0.25, 0.3) is 0 Å². The van der Waals surface area contributed by atoms with E-state index in [2.05, 4.69) is 0 Å². The van der Waals surface area contributed by atoms with Gasteiger partial charge in [0.1, 0.15) is 42.2 Å². The lowest BCUT2D eigenvalue weighted by atomic mass is 9.85. The van der Waals surface area contributed by atoms with Crippen LogP contribution in [0.15, 0.2) is 48.7 Å². The maximum absolute atomic E-state index is 12.8. The summed E-state index contributed by atoms with van der Waals surface area (Å²) in [4.78, 5) is 24.8. The molecule has 0 amide bonds. The maximum atomic E-state index is 12.8. The second-order valence-electron chi connectivity index (χ2n) is 12.4. The number of aliphatic hydroxyl groups is 6. The van der Waals surface area contributed by atoms with Gasteiger partial charge in [0, 0.05) is 18.9 Å². The van der Waals surface area contributed by atoms with Crippen LogP contribution in [-0.2, 0) is 47.5 Å². The van der Waals surface area contributed by atoms with Crippen molar-refractivity contribution < 1.29 is 78.1 Å². The van der Waals surface area contributed by atoms with Crippen molar-refractivity contribution in [1.29, 1.82) is 0 Å². The van der Waals surface area contributed by atoms with Crippen molar-refractivity contribution in [2.45, 2.75) is 99.4 Å². The number of carbonyl (C=O) groups is 2. The third-order valence-electron chi connectivity index (χ3n) is 9.41. The first kappa shape index (κ1) is 34.8. The van der Waals surface area contributed by atoms with Crippen LogP contribution < -0.4 is 0 Å². The zero-order chi connectivity index (χ0) is 34.3. The molecule has 3 saturated heterocycles. The molecule has 48 heavy (non-hydrogen) atoms. The molecule has 6 N–H and O–H groups in total. The summed E-state index contributed by atoms with van der Waals surface area (Å²) in [7, 11) is 0. The normalized spacial score (nSPS) is 44.8. The molecule has 16 heteroatoms. The largest absolute Gasteiger partial charge is 0.472 e. The minimum atomic E-state index is -1.70. The standard InChI is InChI=1S/C32H40O16/c1-14-25(43-15(2)35)27(45-19(36)9-8-16-6-4-3-5-7-16)24(40)31(42-14)46-26-17-10-11-41-29(20(17)32(13-34)28(26)48-32)47-30-23(39)22(38)21(37)18(12-33)44-30/h3-11,14,17-18,20-31,33-34,37-40H,12-13H2,1-2H3/b9-8+/t14-,17+,18+,20+,21+,22-,23+,24+,25-,26-,27-,28-,29-,30-,31-,32+/m0/s1. The molecular formula is C32H40O16. The van der Waals surface area contributed by atoms with Crippen molar-refractivity contribution in [2.24, 2.45) is 11.8 Å². The minimum absolute atomic E-state index is 0.489. The molecule has 1 aromatic rings. The average molecular weight is 681 g/mol. The quantitative estimate of drug-likeness (QED) is 0.0900. The highest BCUT2D eigenvalue weighted by atomic mass is 16.8. The summed E-state index contributed by atoms with van der Waals surface area (Å²) in [6.45, 7) is 1.59. The van der Waals surface area contributed by atoms with Crippen molar-refractivity contribution in [1.82, 2.24) is 0 Å². The fourth-order valence-electron chi connectivity index (χ4n) is 6.96. The second kappa shape index (κ2) is 14.1. The summed E-state index contributed by atoms with van der Waals surface area (Å²) >= 11 is 0. The fraction of sp³-hybridized carbons (Fsp3) is 0.625. The van der Waals surface area contributed by atoms with E-state index in [1.807, 2.05) is 6.07 Å². The van der Waals surface area contributed by atoms with E-state index in [4.69, 9.17) is 37.9 Å². The van der Waals surface area contributed by atoms with Gasteiger partial charge in [-0.3, -0.25) is 4.79 Å². The zero-order valence-corrected chi connectivity index (χ0v) is 26.0. The van der Waals surface area contributed by atoms with Crippen LogP contribution in [0.3, 0.4) is 0 Å². The molecule has 0 unspecified atom stereocenters. The molecule has 6 rings (SSSR count). The summed E-state index contributed by atoms with van der Waals surface area (Å²) in [5.74, 6) is -2.83. The molecular weight excluding hydrogens is 640 g/mol. The molecule has 0 bridgehead atoms. The number of esters is 2. The van der Waals surface area contributed by atoms with E-state index in [9.17, 15) is 40.2 Å². The fourth-order valence-corrected chi connectivity index (χ4v) is 6.96. The molecule has 16 atom stereocenters. The molecule has 4 fully saturated rings. The number of epoxide rings is 1. The third-order valence-corrected chi connectivity index (χ3v) is 9.41. The number of rotatable bonds is 10. The highest BCUT2D eigenvalue weighted by Gasteiger charge is 2.77. The van der Waals surface area contributed by atoms with Crippen molar-refractivity contribution in [2.75, 3.05) is 13.2 Å². The Hall–Kier alpha value is -3.00. The van der Waals surface area contributed by atoms with Crippen LogP contribution in [0.2, 0.25) is 0 Å². The Balaban J connectivity index is 1.19. The first-order chi connectivity index (χ1) is 23.0. The van der Waals surface area contributed by atoms with E-state index in [-0.39, 0.29) is 0 Å². The number of fused-ring (bicyclic) bond motifs is 3. The predicted octanol–water partition coefficient (Wildman–Crippen LogP) is -1.90. The second-order valence-corrected chi connectivity index (χ2v) is 12.4. The lowest BCUT2D eigenvalue weighted by Crippen LogP contribution is -2.61. The molecule has 4 aliphatic heterocycles. The number of carbonyl (C=O) groups excluding carboxylic acids is 2. The van der Waals surface area contributed by atoms with E-state index in [0.717, 1.165) is 5.56 Å². The van der Waals surface area contributed by atoms with Crippen LogP contribution in [0.5, 0.6) is 0 Å². The molecule has 0 aromatic heterocycles. The molecule has 5 aliphatic rings. The monoisotopic (exact) mass is 680 g/mol. The Morgan fingerprint density at radius 2 is 1.60 bits per heavy atom. The number of hydrogen-bond donors (Lipinski definition) is 6. The molecule has 0 spiro atoms. The van der Waals surface area contributed by atoms with Crippen molar-refractivity contribution >= 4 is 18.0 Å². The van der Waals surface area contributed by atoms with Gasteiger partial charge in [-0.15, -0.1) is 0 Å². The minimum Gasteiger partial charge on any atom is -0.472 e. The van der Waals surface area contributed by atoms with Crippen molar-refractivity contribution in [3.63, 3.8) is 0 Å². The summed E-state index contributed by atoms with van der Waals surface area (Å²) in [5, 5.41) is 62.3. The third kappa shape index (κ3) is 6.50. The van der Waals surface area contributed by atoms with Gasteiger partial charge in [0.15, 0.2) is 24.8 Å². The van der Waals surface area contributed by atoms with Gasteiger partial charge < -0.3 is 68.5 Å². The van der Waals surface area contributed by atoms with Crippen LogP contribution in [0, 0.1) is 11.8 Å². The van der Waals surface area contributed by atoms with Gasteiger partial charge in [-0.25, -0.2) is 4.79 Å². The molecule has 1 aliphatic carbocycles. The van der Waals surface area contributed by atoms with Gasteiger partial charge in [-0.05, 0) is 24.6 Å². The van der Waals surface area contributed by atoms with Gasteiger partial charge in [-0.2, -0.15) is 0 Å². The van der Waals surface area contributed by atoms with Crippen LogP contribution >= 0.6 is 0 Å².